The molecule has 1 N–H and O–H groups in total. The van der Waals surface area contributed by atoms with Gasteiger partial charge in [-0.25, -0.2) is 0 Å². The molecule has 0 aromatic heterocycles. The van der Waals surface area contributed by atoms with E-state index in [0.717, 1.165) is 10.5 Å². The van der Waals surface area contributed by atoms with Crippen LogP contribution in [-0.4, -0.2) is 11.6 Å². The van der Waals surface area contributed by atoms with E-state index in [1.165, 1.54) is 23.5 Å². The lowest BCUT2D eigenvalue weighted by Crippen LogP contribution is -2.13. The number of rotatable bonds is 6. The Bertz CT molecular complexity index is 692. The molecule has 0 saturated carbocycles. The Kier molecular flexibility index (Phi) is 5.40. The summed E-state index contributed by atoms with van der Waals surface area (Å²) < 4.78 is 12.7. The van der Waals surface area contributed by atoms with E-state index in [2.05, 4.69) is 5.09 Å². The van der Waals surface area contributed by atoms with Crippen molar-refractivity contribution in [3.63, 3.8) is 0 Å². The Morgan fingerprint density at radius 2 is 1.73 bits per heavy atom. The topological polar surface area (TPSA) is 72.2 Å². The van der Waals surface area contributed by atoms with Crippen molar-refractivity contribution in [1.82, 2.24) is 5.09 Å². The van der Waals surface area contributed by atoms with Crippen molar-refractivity contribution in [3.05, 3.63) is 70.3 Å². The maximum absolute atomic E-state index is 12.7. The van der Waals surface area contributed by atoms with Crippen LogP contribution in [0.2, 0.25) is 0 Å². The fourth-order valence-electron chi connectivity index (χ4n) is 2.02. The van der Waals surface area contributed by atoms with Gasteiger partial charge in [-0.05, 0) is 36.0 Å². The number of nitro benzene ring substituents is 1. The Morgan fingerprint density at radius 1 is 1.14 bits per heavy atom. The lowest BCUT2D eigenvalue weighted by atomic mass is 10.1. The molecular formula is C15H17N2O3PS. The maximum Gasteiger partial charge on any atom is 0.269 e. The first kappa shape index (κ1) is 16.7. The molecule has 7 heteroatoms. The van der Waals surface area contributed by atoms with Gasteiger partial charge < -0.3 is 0 Å². The number of nitrogens with zero attached hydrogens (tertiary/aromatic N) is 1. The molecule has 0 amide bonds. The zero-order valence-electron chi connectivity index (χ0n) is 12.3. The van der Waals surface area contributed by atoms with E-state index in [1.807, 2.05) is 37.3 Å². The van der Waals surface area contributed by atoms with Crippen LogP contribution in [0.1, 0.15) is 18.5 Å². The predicted molar refractivity (Wildman–Crippen MR) is 90.5 cm³/mol. The molecule has 0 radical (unpaired) electrons. The number of hydrogen-bond donors (Lipinski definition) is 1. The second-order valence-electron chi connectivity index (χ2n) is 4.95. The van der Waals surface area contributed by atoms with E-state index < -0.39 is 11.4 Å². The van der Waals surface area contributed by atoms with Crippen molar-refractivity contribution in [2.45, 2.75) is 17.9 Å². The van der Waals surface area contributed by atoms with E-state index in [1.54, 1.807) is 18.8 Å². The Balaban J connectivity index is 2.04. The van der Waals surface area contributed by atoms with Crippen LogP contribution in [0.3, 0.4) is 0 Å². The number of non-ortho nitro benzene ring substituents is 1. The molecule has 0 aliphatic carbocycles. The molecule has 1 unspecified atom stereocenters. The fraction of sp³-hybridized carbons (Fsp3) is 0.200. The minimum atomic E-state index is -2.68. The molecule has 0 spiro atoms. The predicted octanol–water partition coefficient (Wildman–Crippen LogP) is 4.86. The lowest BCUT2D eigenvalue weighted by molar-refractivity contribution is -0.384. The van der Waals surface area contributed by atoms with Crippen molar-refractivity contribution in [2.75, 3.05) is 6.66 Å². The van der Waals surface area contributed by atoms with Gasteiger partial charge in [-0.15, -0.1) is 0 Å². The van der Waals surface area contributed by atoms with Crippen LogP contribution in [-0.2, 0) is 4.57 Å². The van der Waals surface area contributed by atoms with Crippen LogP contribution in [0.25, 0.3) is 0 Å². The molecule has 2 aromatic carbocycles. The summed E-state index contributed by atoms with van der Waals surface area (Å²) in [5.41, 5.74) is 1.09. The number of nitro groups is 1. The summed E-state index contributed by atoms with van der Waals surface area (Å²) in [4.78, 5) is 10.9. The van der Waals surface area contributed by atoms with Gasteiger partial charge in [0.2, 0.25) is 6.49 Å². The first-order valence-electron chi connectivity index (χ1n) is 6.72. The maximum atomic E-state index is 12.7. The molecule has 0 fully saturated rings. The third-order valence-electron chi connectivity index (χ3n) is 3.05. The molecule has 2 rings (SSSR count). The van der Waals surface area contributed by atoms with E-state index in [-0.39, 0.29) is 11.7 Å². The van der Waals surface area contributed by atoms with Gasteiger partial charge in [-0.1, -0.05) is 30.3 Å². The zero-order valence-corrected chi connectivity index (χ0v) is 14.0. The van der Waals surface area contributed by atoms with Gasteiger partial charge in [0.15, 0.2) is 0 Å². The molecule has 0 saturated heterocycles. The van der Waals surface area contributed by atoms with Crippen molar-refractivity contribution in [3.8, 4) is 0 Å². The Morgan fingerprint density at radius 3 is 2.27 bits per heavy atom. The largest absolute Gasteiger partial charge is 0.295 e. The molecule has 0 aliphatic heterocycles. The first-order valence-corrected chi connectivity index (χ1v) is 10.3. The summed E-state index contributed by atoms with van der Waals surface area (Å²) in [5, 5.41) is 13.8. The second-order valence-corrected chi connectivity index (χ2v) is 10.2. The Hall–Kier alpha value is -1.62. The summed E-state index contributed by atoms with van der Waals surface area (Å²) in [6.07, 6.45) is 0. The number of nitrogens with one attached hydrogen (secondary N) is 1. The smallest absolute Gasteiger partial charge is 0.269 e. The number of hydrogen-bond acceptors (Lipinski definition) is 4. The van der Waals surface area contributed by atoms with Crippen molar-refractivity contribution in [2.24, 2.45) is 0 Å². The normalized spacial score (nSPS) is 15.0. The summed E-state index contributed by atoms with van der Waals surface area (Å²) in [5.74, 6) is 0. The highest BCUT2D eigenvalue weighted by Gasteiger charge is 2.21. The van der Waals surface area contributed by atoms with Crippen molar-refractivity contribution >= 4 is 23.6 Å². The molecule has 5 nitrogen and oxygen atoms in total. The highest BCUT2D eigenvalue weighted by molar-refractivity contribution is 8.57. The van der Waals surface area contributed by atoms with Crippen LogP contribution < -0.4 is 5.09 Å². The van der Waals surface area contributed by atoms with Gasteiger partial charge in [0.1, 0.15) is 0 Å². The average molecular weight is 336 g/mol. The molecule has 0 aliphatic rings. The standard InChI is InChI=1S/C15H17N2O3PS/c1-12(13-6-4-3-5-7-13)16-21(2,20)22-15-10-8-14(9-11-15)17(18)19/h3-12H,1-2H3,(H,16,20)/t12-,21?/m1/s1. The van der Waals surface area contributed by atoms with Crippen LogP contribution in [0.5, 0.6) is 0 Å². The van der Waals surface area contributed by atoms with Crippen molar-refractivity contribution < 1.29 is 9.49 Å². The first-order chi connectivity index (χ1) is 10.4. The van der Waals surface area contributed by atoms with Crippen molar-refractivity contribution in [1.29, 1.82) is 0 Å². The monoisotopic (exact) mass is 336 g/mol. The van der Waals surface area contributed by atoms with Gasteiger partial charge in [0.05, 0.1) is 4.92 Å². The molecular weight excluding hydrogens is 319 g/mol. The van der Waals surface area contributed by atoms with E-state index in [4.69, 9.17) is 0 Å². The van der Waals surface area contributed by atoms with Crippen LogP contribution in [0.4, 0.5) is 5.69 Å². The summed E-state index contributed by atoms with van der Waals surface area (Å²) >= 11 is 1.21. The molecule has 116 valence electrons. The molecule has 22 heavy (non-hydrogen) atoms. The second kappa shape index (κ2) is 7.09. The minimum absolute atomic E-state index is 0.0286. The number of benzene rings is 2. The van der Waals surface area contributed by atoms with E-state index >= 15 is 0 Å². The third-order valence-corrected chi connectivity index (χ3v) is 6.74. The Labute approximate surface area is 133 Å². The molecule has 2 atom stereocenters. The molecule has 0 bridgehead atoms. The van der Waals surface area contributed by atoms with Gasteiger partial charge in [-0.3, -0.25) is 19.8 Å². The highest BCUT2D eigenvalue weighted by atomic mass is 32.7. The van der Waals surface area contributed by atoms with E-state index in [9.17, 15) is 14.7 Å². The minimum Gasteiger partial charge on any atom is -0.295 e. The van der Waals surface area contributed by atoms with Gasteiger partial charge >= 0.3 is 0 Å². The summed E-state index contributed by atoms with van der Waals surface area (Å²) in [6.45, 7) is 0.947. The molecule has 2 aromatic rings. The molecule has 0 heterocycles. The summed E-state index contributed by atoms with van der Waals surface area (Å²) in [7, 11) is 0. The summed E-state index contributed by atoms with van der Waals surface area (Å²) in [6, 6.07) is 15.8. The zero-order chi connectivity index (χ0) is 16.2. The van der Waals surface area contributed by atoms with Gasteiger partial charge in [0, 0.05) is 29.7 Å². The van der Waals surface area contributed by atoms with E-state index in [0.29, 0.717) is 0 Å². The third kappa shape index (κ3) is 4.70. The van der Waals surface area contributed by atoms with Gasteiger partial charge in [0.25, 0.3) is 5.69 Å². The average Bonchev–Trinajstić information content (AvgIpc) is 2.47. The SMILES string of the molecule is C[C@@H](NP(C)(=O)Sc1ccc([N+](=O)[O-])cc1)c1ccccc1. The van der Waals surface area contributed by atoms with Gasteiger partial charge in [-0.2, -0.15) is 0 Å². The van der Waals surface area contributed by atoms with Crippen LogP contribution in [0, 0.1) is 10.1 Å². The lowest BCUT2D eigenvalue weighted by Gasteiger charge is -2.20. The van der Waals surface area contributed by atoms with Crippen LogP contribution in [0.15, 0.2) is 59.5 Å². The fourth-order valence-corrected chi connectivity index (χ4v) is 5.79. The van der Waals surface area contributed by atoms with Crippen LogP contribution >= 0.6 is 17.9 Å². The highest BCUT2D eigenvalue weighted by Crippen LogP contribution is 2.56. The quantitative estimate of drug-likeness (QED) is 0.463.